The van der Waals surface area contributed by atoms with Crippen LogP contribution < -0.4 is 20.1 Å². The van der Waals surface area contributed by atoms with E-state index >= 15 is 0 Å². The fraction of sp³-hybridized carbons (Fsp3) is 0.389. The second-order valence-electron chi connectivity index (χ2n) is 5.40. The van der Waals surface area contributed by atoms with Gasteiger partial charge in [0.05, 0.1) is 14.2 Å². The van der Waals surface area contributed by atoms with E-state index in [1.54, 1.807) is 32.6 Å². The highest BCUT2D eigenvalue weighted by Crippen LogP contribution is 2.24. The number of aliphatic imine (C=N–C) groups is 1. The van der Waals surface area contributed by atoms with Gasteiger partial charge >= 0.3 is 0 Å². The van der Waals surface area contributed by atoms with Crippen molar-refractivity contribution < 1.29 is 9.47 Å². The minimum absolute atomic E-state index is 0.444. The van der Waals surface area contributed by atoms with Crippen LogP contribution >= 0.6 is 11.3 Å². The molecule has 1 aromatic heterocycles. The van der Waals surface area contributed by atoms with E-state index in [4.69, 9.17) is 9.47 Å². The first kappa shape index (κ1) is 18.1. The number of thiophene rings is 1. The van der Waals surface area contributed by atoms with Crippen LogP contribution in [0.5, 0.6) is 11.5 Å². The van der Waals surface area contributed by atoms with Gasteiger partial charge in [0.15, 0.2) is 5.96 Å². The Kier molecular flexibility index (Phi) is 6.93. The van der Waals surface area contributed by atoms with Gasteiger partial charge in [-0.25, -0.2) is 0 Å². The molecule has 0 amide bonds. The lowest BCUT2D eigenvalue weighted by Gasteiger charge is -2.16. The molecule has 2 rings (SSSR count). The molecule has 2 aromatic rings. The Hall–Kier alpha value is -2.21. The summed E-state index contributed by atoms with van der Waals surface area (Å²) in [5.74, 6) is 2.79. The van der Waals surface area contributed by atoms with Crippen molar-refractivity contribution in [3.63, 3.8) is 0 Å². The summed E-state index contributed by atoms with van der Waals surface area (Å²) in [5.41, 5.74) is 1.05. The number of guanidine groups is 1. The van der Waals surface area contributed by atoms with Crippen LogP contribution in [-0.4, -0.2) is 33.8 Å². The Morgan fingerprint density at radius 1 is 1.21 bits per heavy atom. The summed E-state index contributed by atoms with van der Waals surface area (Å²) in [7, 11) is 5.08. The molecule has 1 heterocycles. The molecular formula is C18H25N3O2S. The summed E-state index contributed by atoms with van der Waals surface area (Å²) < 4.78 is 10.6. The highest BCUT2D eigenvalue weighted by Gasteiger charge is 2.09. The molecule has 0 spiro atoms. The minimum Gasteiger partial charge on any atom is -0.497 e. The Morgan fingerprint density at radius 3 is 2.67 bits per heavy atom. The summed E-state index contributed by atoms with van der Waals surface area (Å²) in [6.45, 7) is 3.67. The summed E-state index contributed by atoms with van der Waals surface area (Å²) in [5, 5.41) is 8.79. The van der Waals surface area contributed by atoms with Gasteiger partial charge in [-0.05, 0) is 23.6 Å². The first-order valence-electron chi connectivity index (χ1n) is 7.86. The van der Waals surface area contributed by atoms with E-state index in [1.165, 1.54) is 4.88 Å². The van der Waals surface area contributed by atoms with E-state index in [0.29, 0.717) is 12.5 Å². The predicted octanol–water partition coefficient (Wildman–Crippen LogP) is 3.23. The van der Waals surface area contributed by atoms with E-state index in [-0.39, 0.29) is 0 Å². The van der Waals surface area contributed by atoms with Crippen molar-refractivity contribution in [2.45, 2.75) is 19.4 Å². The van der Waals surface area contributed by atoms with E-state index < -0.39 is 0 Å². The van der Waals surface area contributed by atoms with Crippen LogP contribution in [0.1, 0.15) is 23.3 Å². The number of nitrogens with zero attached hydrogens (tertiary/aromatic N) is 1. The van der Waals surface area contributed by atoms with Crippen LogP contribution in [-0.2, 0) is 6.54 Å². The Morgan fingerprint density at radius 2 is 2.04 bits per heavy atom. The average molecular weight is 347 g/mol. The molecule has 24 heavy (non-hydrogen) atoms. The number of methoxy groups -OCH3 is 2. The molecule has 1 aromatic carbocycles. The molecule has 0 radical (unpaired) electrons. The van der Waals surface area contributed by atoms with Gasteiger partial charge in [-0.2, -0.15) is 0 Å². The number of rotatable bonds is 7. The Labute approximate surface area is 147 Å². The highest BCUT2D eigenvalue weighted by molar-refractivity contribution is 7.10. The zero-order valence-electron chi connectivity index (χ0n) is 14.6. The third kappa shape index (κ3) is 4.89. The Bertz CT molecular complexity index is 656. The van der Waals surface area contributed by atoms with Crippen molar-refractivity contribution in [1.29, 1.82) is 0 Å². The van der Waals surface area contributed by atoms with Crippen molar-refractivity contribution in [2.24, 2.45) is 4.99 Å². The van der Waals surface area contributed by atoms with Gasteiger partial charge < -0.3 is 20.1 Å². The molecule has 0 fully saturated rings. The predicted molar refractivity (Wildman–Crippen MR) is 100 cm³/mol. The minimum atomic E-state index is 0.444. The molecule has 0 aliphatic heterocycles. The zero-order chi connectivity index (χ0) is 17.4. The van der Waals surface area contributed by atoms with E-state index in [9.17, 15) is 0 Å². The van der Waals surface area contributed by atoms with Crippen molar-refractivity contribution in [1.82, 2.24) is 10.6 Å². The van der Waals surface area contributed by atoms with E-state index in [1.807, 2.05) is 18.2 Å². The molecule has 0 saturated carbocycles. The molecule has 0 aliphatic rings. The second kappa shape index (κ2) is 9.17. The number of nitrogens with one attached hydrogen (secondary N) is 2. The lowest BCUT2D eigenvalue weighted by Crippen LogP contribution is -2.38. The normalized spacial score (nSPS) is 12.6. The van der Waals surface area contributed by atoms with Gasteiger partial charge in [0, 0.05) is 42.6 Å². The summed E-state index contributed by atoms with van der Waals surface area (Å²) >= 11 is 1.78. The van der Waals surface area contributed by atoms with Gasteiger partial charge in [-0.3, -0.25) is 4.99 Å². The molecule has 6 heteroatoms. The fourth-order valence-electron chi connectivity index (χ4n) is 2.32. The molecule has 0 saturated heterocycles. The van der Waals surface area contributed by atoms with Gasteiger partial charge in [-0.15, -0.1) is 11.3 Å². The summed E-state index contributed by atoms with van der Waals surface area (Å²) in [4.78, 5) is 5.65. The lowest BCUT2D eigenvalue weighted by atomic mass is 10.1. The molecule has 1 atom stereocenters. The van der Waals surface area contributed by atoms with E-state index in [0.717, 1.165) is 29.6 Å². The first-order chi connectivity index (χ1) is 11.7. The molecule has 130 valence electrons. The zero-order valence-corrected chi connectivity index (χ0v) is 15.4. The Balaban J connectivity index is 1.89. The monoisotopic (exact) mass is 347 g/mol. The topological polar surface area (TPSA) is 54.9 Å². The molecule has 0 bridgehead atoms. The molecule has 0 aliphatic carbocycles. The number of ether oxygens (including phenoxy) is 2. The number of hydrogen-bond donors (Lipinski definition) is 2. The van der Waals surface area contributed by atoms with Gasteiger partial charge in [0.2, 0.25) is 0 Å². The van der Waals surface area contributed by atoms with Crippen LogP contribution in [0.2, 0.25) is 0 Å². The number of benzene rings is 1. The SMILES string of the molecule is CN=C(NCc1ccc(OC)cc1OC)NCC(C)c1cccs1. The smallest absolute Gasteiger partial charge is 0.191 e. The van der Waals surface area contributed by atoms with Crippen molar-refractivity contribution in [2.75, 3.05) is 27.8 Å². The quantitative estimate of drug-likeness (QED) is 0.596. The van der Waals surface area contributed by atoms with Gasteiger partial charge in [0.1, 0.15) is 11.5 Å². The van der Waals surface area contributed by atoms with E-state index in [2.05, 4.69) is 40.1 Å². The van der Waals surface area contributed by atoms with Gasteiger partial charge in [0.25, 0.3) is 0 Å². The fourth-order valence-corrected chi connectivity index (χ4v) is 3.11. The largest absolute Gasteiger partial charge is 0.497 e. The summed E-state index contributed by atoms with van der Waals surface area (Å²) in [6, 6.07) is 10.0. The maximum Gasteiger partial charge on any atom is 0.191 e. The van der Waals surface area contributed by atoms with Crippen molar-refractivity contribution in [3.8, 4) is 11.5 Å². The highest BCUT2D eigenvalue weighted by atomic mass is 32.1. The second-order valence-corrected chi connectivity index (χ2v) is 6.38. The lowest BCUT2D eigenvalue weighted by molar-refractivity contribution is 0.390. The van der Waals surface area contributed by atoms with Gasteiger partial charge in [-0.1, -0.05) is 13.0 Å². The standard InChI is InChI=1S/C18H25N3O2S/c1-13(17-6-5-9-24-17)11-20-18(19-2)21-12-14-7-8-15(22-3)10-16(14)23-4/h5-10,13H,11-12H2,1-4H3,(H2,19,20,21). The van der Waals surface area contributed by atoms with Crippen LogP contribution in [0.25, 0.3) is 0 Å². The summed E-state index contributed by atoms with van der Waals surface area (Å²) in [6.07, 6.45) is 0. The maximum atomic E-state index is 5.42. The van der Waals surface area contributed by atoms with Crippen LogP contribution in [0.4, 0.5) is 0 Å². The van der Waals surface area contributed by atoms with Crippen molar-refractivity contribution >= 4 is 17.3 Å². The third-order valence-electron chi connectivity index (χ3n) is 3.77. The maximum absolute atomic E-state index is 5.42. The number of hydrogen-bond acceptors (Lipinski definition) is 4. The molecular weight excluding hydrogens is 322 g/mol. The van der Waals surface area contributed by atoms with Crippen molar-refractivity contribution in [3.05, 3.63) is 46.2 Å². The molecule has 2 N–H and O–H groups in total. The van der Waals surface area contributed by atoms with Crippen LogP contribution in [0.3, 0.4) is 0 Å². The molecule has 1 unspecified atom stereocenters. The third-order valence-corrected chi connectivity index (χ3v) is 4.87. The average Bonchev–Trinajstić information content (AvgIpc) is 3.16. The first-order valence-corrected chi connectivity index (χ1v) is 8.74. The molecule has 5 nitrogen and oxygen atoms in total. The van der Waals surface area contributed by atoms with Crippen LogP contribution in [0.15, 0.2) is 40.7 Å². The van der Waals surface area contributed by atoms with Crippen LogP contribution in [0, 0.1) is 0 Å².